The van der Waals surface area contributed by atoms with Crippen LogP contribution in [0, 0.1) is 22.0 Å². The van der Waals surface area contributed by atoms with Crippen LogP contribution in [0.15, 0.2) is 28.6 Å². The van der Waals surface area contributed by atoms with E-state index in [4.69, 9.17) is 5.73 Å². The summed E-state index contributed by atoms with van der Waals surface area (Å²) < 4.78 is 0. The number of rotatable bonds is 14. The number of carbonyl (C=O) groups excluding carboxylic acids is 2. The highest BCUT2D eigenvalue weighted by Gasteiger charge is 2.29. The standard InChI is InChI=1S/C19H30BN5O6S.CH4/c1-13(2)11-17(20(28)29)23-18(27)14(5-3-9-22-19(21)24-25(30)31)12-15(26)7-8-16-6-4-10-32-16;/h4,6-8,10,13-14,17,28-29H,3,5,9,11-12H2,1-2H3,(H,23,27)(H3,21,22,24);1H4/b8-7+;/t14-,17+;/m1./s1. The van der Waals surface area contributed by atoms with Gasteiger partial charge in [0.2, 0.25) is 5.91 Å². The van der Waals surface area contributed by atoms with Crippen molar-refractivity contribution in [3.8, 4) is 0 Å². The van der Waals surface area contributed by atoms with Gasteiger partial charge < -0.3 is 21.1 Å². The van der Waals surface area contributed by atoms with Crippen LogP contribution in [0.3, 0.4) is 0 Å². The van der Waals surface area contributed by atoms with Crippen LogP contribution >= 0.6 is 11.3 Å². The maximum atomic E-state index is 12.8. The van der Waals surface area contributed by atoms with Gasteiger partial charge in [0, 0.05) is 23.8 Å². The lowest BCUT2D eigenvalue weighted by molar-refractivity contribution is -0.525. The van der Waals surface area contributed by atoms with Crippen molar-refractivity contribution < 1.29 is 24.7 Å². The third kappa shape index (κ3) is 13.4. The number of hydrogen-bond acceptors (Lipinski definition) is 8. The highest BCUT2D eigenvalue weighted by molar-refractivity contribution is 7.10. The van der Waals surface area contributed by atoms with E-state index in [-0.39, 0.29) is 44.5 Å². The van der Waals surface area contributed by atoms with Crippen LogP contribution in [0.25, 0.3) is 6.08 Å². The van der Waals surface area contributed by atoms with E-state index in [1.54, 1.807) is 11.5 Å². The van der Waals surface area contributed by atoms with E-state index in [1.165, 1.54) is 17.4 Å². The second-order valence-electron chi connectivity index (χ2n) is 7.65. The first-order valence-corrected chi connectivity index (χ1v) is 11.1. The maximum absolute atomic E-state index is 12.8. The molecule has 184 valence electrons. The van der Waals surface area contributed by atoms with Crippen LogP contribution < -0.4 is 16.5 Å². The Bertz CT molecular complexity index is 801. The molecule has 0 saturated carbocycles. The number of nitro groups is 1. The predicted molar refractivity (Wildman–Crippen MR) is 131 cm³/mol. The molecule has 2 atom stereocenters. The summed E-state index contributed by atoms with van der Waals surface area (Å²) in [4.78, 5) is 40.3. The van der Waals surface area contributed by atoms with Crippen LogP contribution in [0.1, 0.15) is 51.8 Å². The molecule has 6 N–H and O–H groups in total. The zero-order valence-corrected chi connectivity index (χ0v) is 19.0. The average molecular weight is 483 g/mol. The average Bonchev–Trinajstić information content (AvgIpc) is 3.20. The van der Waals surface area contributed by atoms with Crippen LogP contribution in [0.5, 0.6) is 0 Å². The zero-order valence-electron chi connectivity index (χ0n) is 18.1. The normalized spacial score (nSPS) is 13.3. The minimum Gasteiger partial charge on any atom is -0.426 e. The van der Waals surface area contributed by atoms with Gasteiger partial charge in [-0.25, -0.2) is 15.1 Å². The number of carbonyl (C=O) groups is 2. The number of hydrogen-bond donors (Lipinski definition) is 5. The fraction of sp³-hybridized carbons (Fsp3) is 0.550. The number of nitrogens with two attached hydrogens (primary N) is 1. The van der Waals surface area contributed by atoms with E-state index < -0.39 is 29.9 Å². The van der Waals surface area contributed by atoms with Crippen molar-refractivity contribution in [2.24, 2.45) is 22.6 Å². The van der Waals surface area contributed by atoms with Crippen LogP contribution in [-0.2, 0) is 9.59 Å². The van der Waals surface area contributed by atoms with Crippen molar-refractivity contribution in [3.63, 3.8) is 0 Å². The number of aliphatic imine (C=N–C) groups is 1. The molecule has 0 unspecified atom stereocenters. The monoisotopic (exact) mass is 483 g/mol. The van der Waals surface area contributed by atoms with Gasteiger partial charge >= 0.3 is 7.12 Å². The van der Waals surface area contributed by atoms with Gasteiger partial charge in [-0.3, -0.25) is 9.59 Å². The fourth-order valence-electron chi connectivity index (χ4n) is 2.93. The molecule has 0 spiro atoms. The second kappa shape index (κ2) is 15.9. The molecule has 11 nitrogen and oxygen atoms in total. The van der Waals surface area contributed by atoms with Crippen LogP contribution in [0.4, 0.5) is 0 Å². The van der Waals surface area contributed by atoms with Gasteiger partial charge in [0.05, 0.1) is 5.94 Å². The topological polar surface area (TPSA) is 180 Å². The van der Waals surface area contributed by atoms with E-state index in [9.17, 15) is 29.8 Å². The zero-order chi connectivity index (χ0) is 24.1. The van der Waals surface area contributed by atoms with E-state index >= 15 is 0 Å². The first-order valence-electron chi connectivity index (χ1n) is 10.2. The van der Waals surface area contributed by atoms with Gasteiger partial charge in [-0.2, -0.15) is 0 Å². The summed E-state index contributed by atoms with van der Waals surface area (Å²) in [6.07, 6.45) is 3.98. The van der Waals surface area contributed by atoms with E-state index in [0.29, 0.717) is 12.8 Å². The minimum absolute atomic E-state index is 0. The largest absolute Gasteiger partial charge is 0.475 e. The Kier molecular flexibility index (Phi) is 14.6. The highest BCUT2D eigenvalue weighted by Crippen LogP contribution is 2.16. The lowest BCUT2D eigenvalue weighted by Gasteiger charge is -2.23. The molecule has 0 fully saturated rings. The van der Waals surface area contributed by atoms with E-state index in [1.807, 2.05) is 31.4 Å². The Hall–Kier alpha value is -2.77. The Labute approximate surface area is 198 Å². The van der Waals surface area contributed by atoms with Gasteiger partial charge in [-0.05, 0) is 48.8 Å². The number of hydrazine groups is 1. The van der Waals surface area contributed by atoms with Crippen molar-refractivity contribution in [2.45, 2.75) is 52.9 Å². The summed E-state index contributed by atoms with van der Waals surface area (Å²) in [7, 11) is -1.73. The molecule has 0 aliphatic heterocycles. The lowest BCUT2D eigenvalue weighted by atomic mass is 9.74. The van der Waals surface area contributed by atoms with Crippen LogP contribution in [-0.4, -0.2) is 52.3 Å². The maximum Gasteiger partial charge on any atom is 0.475 e. The molecule has 1 amide bonds. The van der Waals surface area contributed by atoms with Crippen molar-refractivity contribution in [1.82, 2.24) is 10.7 Å². The number of allylic oxidation sites excluding steroid dienone is 1. The van der Waals surface area contributed by atoms with Crippen molar-refractivity contribution in [1.29, 1.82) is 0 Å². The lowest BCUT2D eigenvalue weighted by Crippen LogP contribution is -2.49. The number of amides is 1. The van der Waals surface area contributed by atoms with Crippen LogP contribution in [0.2, 0.25) is 0 Å². The molecule has 0 aliphatic rings. The molecule has 1 rings (SSSR count). The summed E-state index contributed by atoms with van der Waals surface area (Å²) in [6.45, 7) is 3.90. The number of ketones is 1. The number of nitrogens with one attached hydrogen (secondary N) is 2. The molecule has 0 radical (unpaired) electrons. The molecule has 33 heavy (non-hydrogen) atoms. The van der Waals surface area contributed by atoms with Gasteiger partial charge in [0.15, 0.2) is 10.8 Å². The van der Waals surface area contributed by atoms with Gasteiger partial charge in [0.1, 0.15) is 0 Å². The first-order chi connectivity index (χ1) is 15.1. The van der Waals surface area contributed by atoms with Crippen molar-refractivity contribution in [2.75, 3.05) is 6.54 Å². The molecule has 13 heteroatoms. The molecule has 0 bridgehead atoms. The summed E-state index contributed by atoms with van der Waals surface area (Å²) >= 11 is 1.48. The Morgan fingerprint density at radius 1 is 1.39 bits per heavy atom. The highest BCUT2D eigenvalue weighted by atomic mass is 32.1. The third-order valence-electron chi connectivity index (χ3n) is 4.41. The number of thiophene rings is 1. The number of nitrogens with zero attached hydrogens (tertiary/aromatic N) is 2. The summed E-state index contributed by atoms with van der Waals surface area (Å²) in [5, 5.41) is 33.2. The fourth-order valence-corrected chi connectivity index (χ4v) is 3.55. The Morgan fingerprint density at radius 2 is 2.09 bits per heavy atom. The second-order valence-corrected chi connectivity index (χ2v) is 8.63. The molecule has 0 aromatic carbocycles. The van der Waals surface area contributed by atoms with Crippen molar-refractivity contribution in [3.05, 3.63) is 38.6 Å². The first kappa shape index (κ1) is 30.2. The Balaban J connectivity index is 0.0000102. The molecule has 0 aliphatic carbocycles. The summed E-state index contributed by atoms with van der Waals surface area (Å²) in [6, 6.07) is 3.72. The minimum atomic E-state index is -1.73. The molecule has 0 saturated heterocycles. The Morgan fingerprint density at radius 3 is 2.64 bits per heavy atom. The van der Waals surface area contributed by atoms with Gasteiger partial charge in [0.25, 0.3) is 5.96 Å². The molecular formula is C20H34BN5O6S. The van der Waals surface area contributed by atoms with E-state index in [2.05, 4.69) is 10.3 Å². The molecule has 1 aromatic rings. The predicted octanol–water partition coefficient (Wildman–Crippen LogP) is 1.39. The quantitative estimate of drug-likeness (QED) is 0.0501. The number of guanidine groups is 1. The molecular weight excluding hydrogens is 449 g/mol. The smallest absolute Gasteiger partial charge is 0.426 e. The third-order valence-corrected chi connectivity index (χ3v) is 5.24. The molecule has 1 aromatic heterocycles. The summed E-state index contributed by atoms with van der Waals surface area (Å²) in [5.41, 5.74) is 7.09. The molecule has 1 heterocycles. The SMILES string of the molecule is C.CC(C)C[C@H](NC(=O)[C@H](CCCN=C(N)N[N+](=O)[O-])CC(=O)/C=C/c1cccs1)B(O)O. The summed E-state index contributed by atoms with van der Waals surface area (Å²) in [5.74, 6) is -2.55. The van der Waals surface area contributed by atoms with Gasteiger partial charge in [-0.15, -0.1) is 11.3 Å². The van der Waals surface area contributed by atoms with Crippen molar-refractivity contribution >= 4 is 42.2 Å². The van der Waals surface area contributed by atoms with E-state index in [0.717, 1.165) is 4.88 Å². The van der Waals surface area contributed by atoms with Gasteiger partial charge in [-0.1, -0.05) is 32.8 Å².